The van der Waals surface area contributed by atoms with Crippen molar-refractivity contribution in [1.82, 2.24) is 5.16 Å². The monoisotopic (exact) mass is 368 g/mol. The Bertz CT molecular complexity index is 961. The van der Waals surface area contributed by atoms with Crippen LogP contribution in [-0.2, 0) is 4.79 Å². The summed E-state index contributed by atoms with van der Waals surface area (Å²) in [6.07, 6.45) is 0.494. The van der Waals surface area contributed by atoms with Crippen molar-refractivity contribution >= 4 is 12.3 Å². The highest BCUT2D eigenvalue weighted by Crippen LogP contribution is 2.44. The predicted molar refractivity (Wildman–Crippen MR) is 101 cm³/mol. The van der Waals surface area contributed by atoms with Crippen LogP contribution in [-0.4, -0.2) is 28.9 Å². The third-order valence-electron chi connectivity index (χ3n) is 4.28. The van der Waals surface area contributed by atoms with E-state index >= 15 is 0 Å². The van der Waals surface area contributed by atoms with Crippen LogP contribution >= 0.6 is 0 Å². The van der Waals surface area contributed by atoms with E-state index in [0.29, 0.717) is 34.5 Å². The molecule has 0 aliphatic rings. The Morgan fingerprint density at radius 1 is 1.15 bits per heavy atom. The van der Waals surface area contributed by atoms with Gasteiger partial charge in [-0.3, -0.25) is 10.1 Å². The molecule has 0 spiro atoms. The number of hydrogen-bond acceptors (Lipinski definition) is 6. The maximum Gasteiger partial charge on any atom is 0.239 e. The van der Waals surface area contributed by atoms with Crippen LogP contribution in [0.4, 0.5) is 5.88 Å². The van der Waals surface area contributed by atoms with E-state index in [1.807, 2.05) is 13.8 Å². The van der Waals surface area contributed by atoms with Crippen LogP contribution in [0.25, 0.3) is 22.4 Å². The summed E-state index contributed by atoms with van der Waals surface area (Å²) in [6.45, 7) is 3.87. The van der Waals surface area contributed by atoms with Gasteiger partial charge in [0.25, 0.3) is 0 Å². The third kappa shape index (κ3) is 3.44. The standard InChI is InChI=1S/C20H20N2O5/c1-11(2)14-8-15(17(25)9-16(14)24)19-18(20(21-10-23)27-22-19)12-4-6-13(26-3)7-5-12/h4-11,24-25H,1-3H3,(H,21,23). The van der Waals surface area contributed by atoms with Gasteiger partial charge in [0.1, 0.15) is 22.9 Å². The second-order valence-corrected chi connectivity index (χ2v) is 6.31. The van der Waals surface area contributed by atoms with Gasteiger partial charge in [0.05, 0.1) is 12.7 Å². The summed E-state index contributed by atoms with van der Waals surface area (Å²) < 4.78 is 10.5. The van der Waals surface area contributed by atoms with Crippen molar-refractivity contribution in [1.29, 1.82) is 0 Å². The fraction of sp³-hybridized carbons (Fsp3) is 0.200. The molecule has 27 heavy (non-hydrogen) atoms. The number of carbonyl (C=O) groups is 1. The van der Waals surface area contributed by atoms with E-state index in [2.05, 4.69) is 10.5 Å². The number of phenolic OH excluding ortho intramolecular Hbond substituents is 2. The molecule has 0 saturated heterocycles. The number of rotatable bonds is 6. The minimum atomic E-state index is -0.141. The summed E-state index contributed by atoms with van der Waals surface area (Å²) >= 11 is 0. The maximum absolute atomic E-state index is 11.0. The number of phenols is 2. The fourth-order valence-corrected chi connectivity index (χ4v) is 2.90. The summed E-state index contributed by atoms with van der Waals surface area (Å²) in [4.78, 5) is 11.0. The van der Waals surface area contributed by atoms with Crippen molar-refractivity contribution in [2.75, 3.05) is 12.4 Å². The quantitative estimate of drug-likeness (QED) is 0.565. The molecular formula is C20H20N2O5. The van der Waals surface area contributed by atoms with Gasteiger partial charge in [0, 0.05) is 11.6 Å². The summed E-state index contributed by atoms with van der Waals surface area (Å²) in [5, 5.41) is 27.0. The highest BCUT2D eigenvalue weighted by molar-refractivity contribution is 5.92. The molecule has 7 heteroatoms. The SMILES string of the molecule is COc1ccc(-c2c(-c3cc(C(C)C)c(O)cc3O)noc2NC=O)cc1. The Kier molecular flexibility index (Phi) is 5.03. The Morgan fingerprint density at radius 2 is 1.85 bits per heavy atom. The fourth-order valence-electron chi connectivity index (χ4n) is 2.90. The molecule has 1 heterocycles. The summed E-state index contributed by atoms with van der Waals surface area (Å²) in [6, 6.07) is 10.1. The van der Waals surface area contributed by atoms with E-state index in [1.54, 1.807) is 37.4 Å². The molecule has 0 unspecified atom stereocenters. The van der Waals surface area contributed by atoms with Gasteiger partial charge in [-0.2, -0.15) is 0 Å². The maximum atomic E-state index is 11.0. The van der Waals surface area contributed by atoms with Gasteiger partial charge in [0.15, 0.2) is 0 Å². The number of methoxy groups -OCH3 is 1. The van der Waals surface area contributed by atoms with Crippen molar-refractivity contribution in [3.05, 3.63) is 42.0 Å². The van der Waals surface area contributed by atoms with Gasteiger partial charge < -0.3 is 19.5 Å². The van der Waals surface area contributed by atoms with Crippen molar-refractivity contribution in [3.63, 3.8) is 0 Å². The van der Waals surface area contributed by atoms with Gasteiger partial charge >= 0.3 is 0 Å². The smallest absolute Gasteiger partial charge is 0.239 e. The number of benzene rings is 2. The average molecular weight is 368 g/mol. The molecule has 0 radical (unpaired) electrons. The molecule has 140 valence electrons. The minimum Gasteiger partial charge on any atom is -0.508 e. The number of aromatic hydroxyl groups is 2. The predicted octanol–water partition coefficient (Wildman–Crippen LogP) is 4.12. The van der Waals surface area contributed by atoms with Gasteiger partial charge in [-0.15, -0.1) is 0 Å². The zero-order chi connectivity index (χ0) is 19.6. The van der Waals surface area contributed by atoms with Crippen molar-refractivity contribution in [3.8, 4) is 39.6 Å². The zero-order valence-electron chi connectivity index (χ0n) is 15.2. The van der Waals surface area contributed by atoms with Crippen molar-refractivity contribution < 1.29 is 24.3 Å². The molecule has 2 aromatic carbocycles. The van der Waals surface area contributed by atoms with Crippen LogP contribution in [0.5, 0.6) is 17.2 Å². The number of hydrogen-bond donors (Lipinski definition) is 3. The van der Waals surface area contributed by atoms with Gasteiger partial charge in [0.2, 0.25) is 12.3 Å². The summed E-state index contributed by atoms with van der Waals surface area (Å²) in [7, 11) is 1.57. The van der Waals surface area contributed by atoms with Crippen LogP contribution in [0, 0.1) is 0 Å². The molecule has 0 aliphatic heterocycles. The molecule has 0 atom stereocenters. The molecule has 0 fully saturated rings. The molecule has 0 aliphatic carbocycles. The second kappa shape index (κ2) is 7.41. The van der Waals surface area contributed by atoms with E-state index in [0.717, 1.165) is 5.56 Å². The minimum absolute atomic E-state index is 0.00647. The molecule has 3 aromatic rings. The molecule has 0 bridgehead atoms. The Morgan fingerprint density at radius 3 is 2.44 bits per heavy atom. The van der Waals surface area contributed by atoms with Crippen molar-refractivity contribution in [2.45, 2.75) is 19.8 Å². The Balaban J connectivity index is 2.22. The van der Waals surface area contributed by atoms with E-state index in [1.165, 1.54) is 6.07 Å². The van der Waals surface area contributed by atoms with E-state index < -0.39 is 0 Å². The highest BCUT2D eigenvalue weighted by Gasteiger charge is 2.23. The van der Waals surface area contributed by atoms with E-state index in [4.69, 9.17) is 9.26 Å². The van der Waals surface area contributed by atoms with Crippen LogP contribution < -0.4 is 10.1 Å². The third-order valence-corrected chi connectivity index (χ3v) is 4.28. The Labute approximate surface area is 156 Å². The molecule has 0 saturated carbocycles. The molecule has 7 nitrogen and oxygen atoms in total. The lowest BCUT2D eigenvalue weighted by Crippen LogP contribution is -1.95. The van der Waals surface area contributed by atoms with Gasteiger partial charge in [-0.05, 0) is 35.2 Å². The molecule has 1 amide bonds. The van der Waals surface area contributed by atoms with Crippen molar-refractivity contribution in [2.24, 2.45) is 0 Å². The lowest BCUT2D eigenvalue weighted by Gasteiger charge is -2.12. The van der Waals surface area contributed by atoms with E-state index in [9.17, 15) is 15.0 Å². The van der Waals surface area contributed by atoms with Gasteiger partial charge in [-0.1, -0.05) is 31.1 Å². The molecule has 1 aromatic heterocycles. The largest absolute Gasteiger partial charge is 0.508 e. The normalized spacial score (nSPS) is 10.8. The van der Waals surface area contributed by atoms with Crippen LogP contribution in [0.1, 0.15) is 25.3 Å². The first-order valence-corrected chi connectivity index (χ1v) is 8.36. The Hall–Kier alpha value is -3.48. The number of aromatic nitrogens is 1. The first-order valence-electron chi connectivity index (χ1n) is 8.36. The van der Waals surface area contributed by atoms with Crippen LogP contribution in [0.15, 0.2) is 40.9 Å². The number of carbonyl (C=O) groups excluding carboxylic acids is 1. The first-order chi connectivity index (χ1) is 13.0. The lowest BCUT2D eigenvalue weighted by molar-refractivity contribution is -0.105. The topological polar surface area (TPSA) is 105 Å². The number of nitrogens with zero attached hydrogens (tertiary/aromatic N) is 1. The first kappa shape index (κ1) is 18.3. The number of anilines is 1. The molecule has 3 rings (SSSR count). The zero-order valence-corrected chi connectivity index (χ0v) is 15.2. The second-order valence-electron chi connectivity index (χ2n) is 6.31. The summed E-state index contributed by atoms with van der Waals surface area (Å²) in [5.41, 5.74) is 2.64. The highest BCUT2D eigenvalue weighted by atomic mass is 16.5. The summed E-state index contributed by atoms with van der Waals surface area (Å²) in [5.74, 6) is 0.734. The average Bonchev–Trinajstić information content (AvgIpc) is 3.05. The van der Waals surface area contributed by atoms with Gasteiger partial charge in [-0.25, -0.2) is 0 Å². The number of ether oxygens (including phenoxy) is 1. The number of nitrogens with one attached hydrogen (secondary N) is 1. The van der Waals surface area contributed by atoms with Crippen LogP contribution in [0.2, 0.25) is 0 Å². The number of amides is 1. The van der Waals surface area contributed by atoms with E-state index in [-0.39, 0.29) is 23.3 Å². The lowest BCUT2D eigenvalue weighted by atomic mass is 9.94. The molecule has 3 N–H and O–H groups in total. The van der Waals surface area contributed by atoms with Crippen LogP contribution in [0.3, 0.4) is 0 Å². The molecular weight excluding hydrogens is 348 g/mol.